The van der Waals surface area contributed by atoms with Crippen molar-refractivity contribution < 1.29 is 9.53 Å². The highest BCUT2D eigenvalue weighted by molar-refractivity contribution is 7.15. The molecule has 2 heterocycles. The summed E-state index contributed by atoms with van der Waals surface area (Å²) in [4.78, 5) is 13.9. The molecule has 3 aromatic rings. The topological polar surface area (TPSA) is 70.1 Å². The number of carbonyl (C=O) groups excluding carboxylic acids is 1. The van der Waals surface area contributed by atoms with Crippen molar-refractivity contribution in [3.63, 3.8) is 0 Å². The molecule has 0 bridgehead atoms. The molecular weight excluding hydrogens is 405 g/mol. The SMILES string of the molecule is Cc1c(C(N)=O)nn(-c2ccc(Cl)cc2Cl)c1-c1ccc(COC(C)C)s1. The first-order valence-corrected chi connectivity index (χ1v) is 9.90. The largest absolute Gasteiger partial charge is 0.373 e. The molecule has 5 nitrogen and oxygen atoms in total. The Bertz CT molecular complexity index is 995. The summed E-state index contributed by atoms with van der Waals surface area (Å²) in [7, 11) is 0. The van der Waals surface area contributed by atoms with E-state index in [-0.39, 0.29) is 11.8 Å². The number of thiophene rings is 1. The van der Waals surface area contributed by atoms with Crippen LogP contribution in [0.2, 0.25) is 10.0 Å². The predicted molar refractivity (Wildman–Crippen MR) is 110 cm³/mol. The second-order valence-corrected chi connectivity index (χ2v) is 8.33. The van der Waals surface area contributed by atoms with Gasteiger partial charge in [-0.05, 0) is 51.1 Å². The minimum Gasteiger partial charge on any atom is -0.373 e. The van der Waals surface area contributed by atoms with Gasteiger partial charge in [-0.1, -0.05) is 23.2 Å². The highest BCUT2D eigenvalue weighted by Crippen LogP contribution is 2.36. The molecule has 3 rings (SSSR count). The van der Waals surface area contributed by atoms with Crippen LogP contribution < -0.4 is 5.73 Å². The number of hydrogen-bond acceptors (Lipinski definition) is 4. The molecule has 1 aromatic carbocycles. The van der Waals surface area contributed by atoms with Crippen molar-refractivity contribution in [3.8, 4) is 16.3 Å². The van der Waals surface area contributed by atoms with Crippen LogP contribution in [0.25, 0.3) is 16.3 Å². The van der Waals surface area contributed by atoms with Crippen LogP contribution in [0.1, 0.15) is 34.8 Å². The van der Waals surface area contributed by atoms with Gasteiger partial charge < -0.3 is 10.5 Å². The van der Waals surface area contributed by atoms with Crippen LogP contribution in [0.4, 0.5) is 0 Å². The Morgan fingerprint density at radius 1 is 1.30 bits per heavy atom. The normalized spacial score (nSPS) is 11.3. The Labute approximate surface area is 171 Å². The van der Waals surface area contributed by atoms with Crippen LogP contribution in [0.5, 0.6) is 0 Å². The van der Waals surface area contributed by atoms with E-state index in [1.165, 1.54) is 0 Å². The monoisotopic (exact) mass is 423 g/mol. The van der Waals surface area contributed by atoms with Gasteiger partial charge in [0.25, 0.3) is 5.91 Å². The summed E-state index contributed by atoms with van der Waals surface area (Å²) in [5.74, 6) is -0.586. The standard InChI is InChI=1S/C19H19Cl2N3O2S/c1-10(2)26-9-13-5-7-16(27-13)18-11(3)17(19(22)25)23-24(18)15-6-4-12(20)8-14(15)21/h4-8,10H,9H2,1-3H3,(H2,22,25). The average molecular weight is 424 g/mol. The van der Waals surface area contributed by atoms with E-state index in [1.54, 1.807) is 34.2 Å². The van der Waals surface area contributed by atoms with Crippen molar-refractivity contribution in [2.24, 2.45) is 5.73 Å². The zero-order chi connectivity index (χ0) is 19.7. The van der Waals surface area contributed by atoms with Gasteiger partial charge in [-0.2, -0.15) is 5.10 Å². The number of aromatic nitrogens is 2. The lowest BCUT2D eigenvalue weighted by Crippen LogP contribution is -2.13. The van der Waals surface area contributed by atoms with Gasteiger partial charge in [0, 0.05) is 15.5 Å². The van der Waals surface area contributed by atoms with E-state index in [9.17, 15) is 4.79 Å². The molecule has 1 amide bonds. The maximum absolute atomic E-state index is 11.8. The second kappa shape index (κ2) is 8.02. The van der Waals surface area contributed by atoms with Gasteiger partial charge in [-0.25, -0.2) is 4.68 Å². The Kier molecular flexibility index (Phi) is 5.91. The molecule has 8 heteroatoms. The summed E-state index contributed by atoms with van der Waals surface area (Å²) < 4.78 is 7.32. The predicted octanol–water partition coefficient (Wildman–Crippen LogP) is 5.24. The fraction of sp³-hybridized carbons (Fsp3) is 0.263. The molecule has 0 fully saturated rings. The van der Waals surface area contributed by atoms with Gasteiger partial charge in [0.1, 0.15) is 0 Å². The lowest BCUT2D eigenvalue weighted by Gasteiger charge is -2.09. The number of nitrogens with two attached hydrogens (primary N) is 1. The molecule has 2 N–H and O–H groups in total. The lowest BCUT2D eigenvalue weighted by atomic mass is 10.1. The van der Waals surface area contributed by atoms with Crippen molar-refractivity contribution in [2.75, 3.05) is 0 Å². The Morgan fingerprint density at radius 3 is 2.67 bits per heavy atom. The van der Waals surface area contributed by atoms with E-state index < -0.39 is 5.91 Å². The van der Waals surface area contributed by atoms with E-state index in [0.29, 0.717) is 27.9 Å². The summed E-state index contributed by atoms with van der Waals surface area (Å²) >= 11 is 14.0. The lowest BCUT2D eigenvalue weighted by molar-refractivity contribution is 0.0674. The third-order valence-electron chi connectivity index (χ3n) is 3.95. The van der Waals surface area contributed by atoms with Crippen molar-refractivity contribution in [1.82, 2.24) is 9.78 Å². The van der Waals surface area contributed by atoms with Crippen LogP contribution in [0.3, 0.4) is 0 Å². The Morgan fingerprint density at radius 2 is 2.04 bits per heavy atom. The van der Waals surface area contributed by atoms with E-state index in [0.717, 1.165) is 15.4 Å². The van der Waals surface area contributed by atoms with Crippen molar-refractivity contribution in [3.05, 3.63) is 56.5 Å². The van der Waals surface area contributed by atoms with Crippen LogP contribution in [0, 0.1) is 6.92 Å². The zero-order valence-electron chi connectivity index (χ0n) is 15.1. The number of hydrogen-bond donors (Lipinski definition) is 1. The minimum atomic E-state index is -0.586. The maximum atomic E-state index is 11.8. The first-order valence-electron chi connectivity index (χ1n) is 8.33. The number of amides is 1. The van der Waals surface area contributed by atoms with Crippen LogP contribution in [0.15, 0.2) is 30.3 Å². The number of rotatable bonds is 6. The number of carbonyl (C=O) groups is 1. The van der Waals surface area contributed by atoms with Crippen LogP contribution in [-0.4, -0.2) is 21.8 Å². The summed E-state index contributed by atoms with van der Waals surface area (Å²) in [5, 5.41) is 5.37. The van der Waals surface area contributed by atoms with Crippen LogP contribution >= 0.6 is 34.5 Å². The third kappa shape index (κ3) is 4.19. The second-order valence-electron chi connectivity index (χ2n) is 6.32. The zero-order valence-corrected chi connectivity index (χ0v) is 17.5. The number of primary amides is 1. The first kappa shape index (κ1) is 19.9. The van der Waals surface area contributed by atoms with E-state index in [2.05, 4.69) is 5.10 Å². The molecule has 0 aliphatic rings. The molecule has 2 aromatic heterocycles. The summed E-state index contributed by atoms with van der Waals surface area (Å²) in [6.45, 7) is 6.34. The highest BCUT2D eigenvalue weighted by Gasteiger charge is 2.23. The van der Waals surface area contributed by atoms with E-state index >= 15 is 0 Å². The number of nitrogens with zero attached hydrogens (tertiary/aromatic N) is 2. The molecule has 0 unspecified atom stereocenters. The summed E-state index contributed by atoms with van der Waals surface area (Å²) in [6.07, 6.45) is 0.150. The van der Waals surface area contributed by atoms with Gasteiger partial charge >= 0.3 is 0 Å². The van der Waals surface area contributed by atoms with Crippen LogP contribution in [-0.2, 0) is 11.3 Å². The molecular formula is C19H19Cl2N3O2S. The Balaban J connectivity index is 2.13. The maximum Gasteiger partial charge on any atom is 0.269 e. The third-order valence-corrected chi connectivity index (χ3v) is 5.55. The quantitative estimate of drug-likeness (QED) is 0.588. The molecule has 27 heavy (non-hydrogen) atoms. The minimum absolute atomic E-state index is 0.150. The number of ether oxygens (including phenoxy) is 1. The van der Waals surface area contributed by atoms with Gasteiger partial charge in [-0.15, -0.1) is 11.3 Å². The van der Waals surface area contributed by atoms with Gasteiger partial charge in [0.2, 0.25) is 0 Å². The first-order chi connectivity index (χ1) is 12.8. The van der Waals surface area contributed by atoms with Crippen molar-refractivity contribution >= 4 is 40.4 Å². The fourth-order valence-electron chi connectivity index (χ4n) is 2.68. The van der Waals surface area contributed by atoms with Gasteiger partial charge in [-0.3, -0.25) is 4.79 Å². The van der Waals surface area contributed by atoms with Gasteiger partial charge in [0.05, 0.1) is 34.0 Å². The highest BCUT2D eigenvalue weighted by atomic mass is 35.5. The molecule has 0 radical (unpaired) electrons. The molecule has 0 saturated heterocycles. The molecule has 0 spiro atoms. The molecule has 0 aliphatic heterocycles. The van der Waals surface area contributed by atoms with Crippen molar-refractivity contribution in [1.29, 1.82) is 0 Å². The number of benzene rings is 1. The fourth-order valence-corrected chi connectivity index (χ4v) is 4.18. The van der Waals surface area contributed by atoms with E-state index in [1.807, 2.05) is 32.9 Å². The average Bonchev–Trinajstić information content (AvgIpc) is 3.17. The molecule has 142 valence electrons. The summed E-state index contributed by atoms with van der Waals surface area (Å²) in [5.41, 5.74) is 7.83. The van der Waals surface area contributed by atoms with Crippen molar-refractivity contribution in [2.45, 2.75) is 33.5 Å². The van der Waals surface area contributed by atoms with E-state index in [4.69, 9.17) is 33.7 Å². The van der Waals surface area contributed by atoms with Gasteiger partial charge in [0.15, 0.2) is 5.69 Å². The molecule has 0 atom stereocenters. The molecule has 0 aliphatic carbocycles. The summed E-state index contributed by atoms with van der Waals surface area (Å²) in [6, 6.07) is 9.12. The number of halogens is 2. The Hall–Kier alpha value is -1.86. The molecule has 0 saturated carbocycles. The smallest absolute Gasteiger partial charge is 0.269 e.